The Morgan fingerprint density at radius 1 is 1.36 bits per heavy atom. The maximum atomic E-state index is 9.31. The Bertz CT molecular complexity index is 242. The van der Waals surface area contributed by atoms with Gasteiger partial charge in [0, 0.05) is 12.8 Å². The van der Waals surface area contributed by atoms with Crippen LogP contribution in [0.3, 0.4) is 0 Å². The van der Waals surface area contributed by atoms with Crippen LogP contribution in [0.15, 0.2) is 0 Å². The molecular formula is C10H15NO3. The fourth-order valence-corrected chi connectivity index (χ4v) is 2.17. The second-order valence-electron chi connectivity index (χ2n) is 4.01. The number of nitrogens with zero attached hydrogens (tertiary/aromatic N) is 1. The van der Waals surface area contributed by atoms with Crippen molar-refractivity contribution in [2.45, 2.75) is 50.1 Å². The van der Waals surface area contributed by atoms with Crippen molar-refractivity contribution in [3.8, 4) is 6.07 Å². The fourth-order valence-electron chi connectivity index (χ4n) is 2.17. The van der Waals surface area contributed by atoms with Gasteiger partial charge in [-0.05, 0) is 12.8 Å². The third-order valence-corrected chi connectivity index (χ3v) is 2.98. The van der Waals surface area contributed by atoms with Gasteiger partial charge >= 0.3 is 0 Å². The number of rotatable bonds is 1. The van der Waals surface area contributed by atoms with Crippen molar-refractivity contribution in [1.82, 2.24) is 0 Å². The molecule has 4 heteroatoms. The third-order valence-electron chi connectivity index (χ3n) is 2.98. The molecule has 2 fully saturated rings. The number of aliphatic hydroxyl groups excluding tert-OH is 1. The van der Waals surface area contributed by atoms with Crippen LogP contribution in [0, 0.1) is 11.3 Å². The lowest BCUT2D eigenvalue weighted by Crippen LogP contribution is -2.35. The quantitative estimate of drug-likeness (QED) is 0.635. The van der Waals surface area contributed by atoms with Gasteiger partial charge in [0.25, 0.3) is 0 Å². The molecule has 0 amide bonds. The van der Waals surface area contributed by atoms with Crippen molar-refractivity contribution >= 4 is 0 Å². The van der Waals surface area contributed by atoms with Crippen LogP contribution < -0.4 is 0 Å². The van der Waals surface area contributed by atoms with Gasteiger partial charge in [0.1, 0.15) is 6.10 Å². The molecule has 4 nitrogen and oxygen atoms in total. The minimum atomic E-state index is -1.06. The average molecular weight is 197 g/mol. The first kappa shape index (κ1) is 9.91. The van der Waals surface area contributed by atoms with E-state index in [2.05, 4.69) is 0 Å². The maximum absolute atomic E-state index is 9.31. The normalized spacial score (nSPS) is 32.7. The van der Waals surface area contributed by atoms with E-state index in [4.69, 9.17) is 14.7 Å². The minimum Gasteiger partial charge on any atom is -0.375 e. The molecule has 1 aliphatic carbocycles. The van der Waals surface area contributed by atoms with E-state index >= 15 is 0 Å². The molecule has 1 saturated heterocycles. The van der Waals surface area contributed by atoms with Gasteiger partial charge in [0.15, 0.2) is 11.9 Å². The first-order valence-electron chi connectivity index (χ1n) is 5.15. The Morgan fingerprint density at radius 2 is 2.07 bits per heavy atom. The Kier molecular flexibility index (Phi) is 2.73. The minimum absolute atomic E-state index is 0.342. The van der Waals surface area contributed by atoms with Crippen molar-refractivity contribution in [1.29, 1.82) is 5.26 Å². The molecule has 2 aliphatic rings. The van der Waals surface area contributed by atoms with E-state index in [-0.39, 0.29) is 0 Å². The summed E-state index contributed by atoms with van der Waals surface area (Å²) in [6, 6.07) is 1.78. The number of nitriles is 1. The zero-order valence-corrected chi connectivity index (χ0v) is 8.11. The molecule has 78 valence electrons. The summed E-state index contributed by atoms with van der Waals surface area (Å²) in [5, 5.41) is 17.9. The van der Waals surface area contributed by atoms with Crippen molar-refractivity contribution < 1.29 is 14.6 Å². The lowest BCUT2D eigenvalue weighted by molar-refractivity contribution is -0.192. The lowest BCUT2D eigenvalue weighted by atomic mass is 9.94. The molecule has 2 atom stereocenters. The molecule has 1 heterocycles. The molecular weight excluding hydrogens is 182 g/mol. The van der Waals surface area contributed by atoms with Gasteiger partial charge in [-0.15, -0.1) is 0 Å². The summed E-state index contributed by atoms with van der Waals surface area (Å²) < 4.78 is 11.2. The SMILES string of the molecule is N#C[C@@H](O)[C@@H]1COC2(CCCCC2)O1. The topological polar surface area (TPSA) is 62.5 Å². The highest BCUT2D eigenvalue weighted by atomic mass is 16.7. The van der Waals surface area contributed by atoms with E-state index in [9.17, 15) is 5.11 Å². The van der Waals surface area contributed by atoms with E-state index in [0.717, 1.165) is 25.7 Å². The second kappa shape index (κ2) is 3.85. The summed E-state index contributed by atoms with van der Waals surface area (Å²) in [5.74, 6) is -0.485. The van der Waals surface area contributed by atoms with E-state index in [0.29, 0.717) is 6.61 Å². The van der Waals surface area contributed by atoms with E-state index in [1.807, 2.05) is 0 Å². The van der Waals surface area contributed by atoms with Crippen LogP contribution in [0.25, 0.3) is 0 Å². The molecule has 1 saturated carbocycles. The zero-order valence-electron chi connectivity index (χ0n) is 8.11. The van der Waals surface area contributed by atoms with Crippen molar-refractivity contribution in [2.75, 3.05) is 6.61 Å². The molecule has 1 aliphatic heterocycles. The summed E-state index contributed by atoms with van der Waals surface area (Å²) in [7, 11) is 0. The molecule has 0 aromatic rings. The Morgan fingerprint density at radius 3 is 2.71 bits per heavy atom. The molecule has 1 N–H and O–H groups in total. The summed E-state index contributed by atoms with van der Waals surface area (Å²) in [5.41, 5.74) is 0. The smallest absolute Gasteiger partial charge is 0.169 e. The molecule has 0 bridgehead atoms. The molecule has 14 heavy (non-hydrogen) atoms. The second-order valence-corrected chi connectivity index (χ2v) is 4.01. The predicted octanol–water partition coefficient (Wildman–Crippen LogP) is 0.947. The standard InChI is InChI=1S/C10H15NO3/c11-6-8(12)9-7-13-10(14-9)4-2-1-3-5-10/h8-9,12H,1-5,7H2/t8-,9+/m1/s1. The lowest BCUT2D eigenvalue weighted by Gasteiger charge is -2.31. The summed E-state index contributed by atoms with van der Waals surface area (Å²) >= 11 is 0. The maximum Gasteiger partial charge on any atom is 0.169 e. The average Bonchev–Trinajstić information content (AvgIpc) is 2.62. The molecule has 0 aromatic carbocycles. The van der Waals surface area contributed by atoms with Crippen LogP contribution >= 0.6 is 0 Å². The van der Waals surface area contributed by atoms with Crippen molar-refractivity contribution in [3.63, 3.8) is 0 Å². The highest BCUT2D eigenvalue weighted by Crippen LogP contribution is 2.38. The van der Waals surface area contributed by atoms with Gasteiger partial charge < -0.3 is 14.6 Å². The fraction of sp³-hybridized carbons (Fsp3) is 0.900. The van der Waals surface area contributed by atoms with E-state index in [1.165, 1.54) is 6.42 Å². The van der Waals surface area contributed by atoms with Gasteiger partial charge in [-0.2, -0.15) is 5.26 Å². The monoisotopic (exact) mass is 197 g/mol. The summed E-state index contributed by atoms with van der Waals surface area (Å²) in [4.78, 5) is 0. The highest BCUT2D eigenvalue weighted by Gasteiger charge is 2.44. The van der Waals surface area contributed by atoms with Crippen molar-refractivity contribution in [2.24, 2.45) is 0 Å². The van der Waals surface area contributed by atoms with Gasteiger partial charge in [0.05, 0.1) is 12.7 Å². The van der Waals surface area contributed by atoms with Crippen molar-refractivity contribution in [3.05, 3.63) is 0 Å². The largest absolute Gasteiger partial charge is 0.375 e. The van der Waals surface area contributed by atoms with Gasteiger partial charge in [-0.1, -0.05) is 6.42 Å². The number of aliphatic hydroxyl groups is 1. The summed E-state index contributed by atoms with van der Waals surface area (Å²) in [6.07, 6.45) is 3.70. The molecule has 2 rings (SSSR count). The summed E-state index contributed by atoms with van der Waals surface area (Å²) in [6.45, 7) is 0.342. The Balaban J connectivity index is 1.96. The molecule has 0 aromatic heterocycles. The number of hydrogen-bond donors (Lipinski definition) is 1. The third kappa shape index (κ3) is 1.76. The molecule has 0 unspecified atom stereocenters. The Hall–Kier alpha value is -0.630. The van der Waals surface area contributed by atoms with E-state index < -0.39 is 18.0 Å². The number of hydrogen-bond acceptors (Lipinski definition) is 4. The number of ether oxygens (including phenoxy) is 2. The first-order valence-corrected chi connectivity index (χ1v) is 5.15. The Labute approximate surface area is 83.4 Å². The van der Waals surface area contributed by atoms with Gasteiger partial charge in [0.2, 0.25) is 0 Å². The van der Waals surface area contributed by atoms with E-state index in [1.54, 1.807) is 6.07 Å². The van der Waals surface area contributed by atoms with Crippen LogP contribution in [-0.2, 0) is 9.47 Å². The first-order chi connectivity index (χ1) is 6.76. The highest BCUT2D eigenvalue weighted by molar-refractivity contribution is 4.94. The zero-order chi connectivity index (χ0) is 10.0. The van der Waals surface area contributed by atoms with Crippen LogP contribution in [0.5, 0.6) is 0 Å². The molecule has 0 radical (unpaired) electrons. The molecule has 1 spiro atoms. The van der Waals surface area contributed by atoms with Crippen LogP contribution in [0.1, 0.15) is 32.1 Å². The van der Waals surface area contributed by atoms with Gasteiger partial charge in [-0.25, -0.2) is 0 Å². The predicted molar refractivity (Wildman–Crippen MR) is 48.3 cm³/mol. The van der Waals surface area contributed by atoms with Crippen LogP contribution in [-0.4, -0.2) is 29.7 Å². The van der Waals surface area contributed by atoms with Gasteiger partial charge in [-0.3, -0.25) is 0 Å². The van der Waals surface area contributed by atoms with Crippen LogP contribution in [0.2, 0.25) is 0 Å². The van der Waals surface area contributed by atoms with Crippen LogP contribution in [0.4, 0.5) is 0 Å².